The number of carboxylic acids is 1. The molecule has 3 N–H and O–H groups in total. The van der Waals surface area contributed by atoms with Crippen LogP contribution in [0.15, 0.2) is 68.1 Å². The van der Waals surface area contributed by atoms with Crippen molar-refractivity contribution in [1.29, 1.82) is 0 Å². The lowest BCUT2D eigenvalue weighted by molar-refractivity contribution is -0.150. The van der Waals surface area contributed by atoms with Crippen molar-refractivity contribution in [2.45, 2.75) is 15.8 Å². The van der Waals surface area contributed by atoms with Crippen LogP contribution >= 0.6 is 46.2 Å². The number of amides is 3. The summed E-state index contributed by atoms with van der Waals surface area (Å²) in [6.45, 7) is 0.0501. The highest BCUT2D eigenvalue weighted by Gasteiger charge is 2.54. The molecule has 0 radical (unpaired) electrons. The van der Waals surface area contributed by atoms with Gasteiger partial charge in [-0.2, -0.15) is 0 Å². The maximum Gasteiger partial charge on any atom is 0.352 e. The number of oxime groups is 1. The number of fused-ring (bicyclic) bond motifs is 1. The summed E-state index contributed by atoms with van der Waals surface area (Å²) in [5.41, 5.74) is 2.98. The summed E-state index contributed by atoms with van der Waals surface area (Å²) in [6, 6.07) is 8.56. The number of hydrogen-bond acceptors (Lipinski definition) is 13. The van der Waals surface area contributed by atoms with Gasteiger partial charge in [-0.1, -0.05) is 64.7 Å². The smallest absolute Gasteiger partial charge is 0.352 e. The van der Waals surface area contributed by atoms with Gasteiger partial charge >= 0.3 is 5.97 Å². The number of carbonyl (C=O) groups is 4. The summed E-state index contributed by atoms with van der Waals surface area (Å²) >= 11 is 5.12. The van der Waals surface area contributed by atoms with Gasteiger partial charge in [0.1, 0.15) is 34.9 Å². The van der Waals surface area contributed by atoms with Crippen molar-refractivity contribution in [2.75, 3.05) is 23.4 Å². The average Bonchev–Trinajstić information content (AvgIpc) is 3.69. The number of hydrogen-bond donors (Lipinski definition) is 3. The first-order valence-electron chi connectivity index (χ1n) is 12.1. The number of thioether (sulfide) groups is 2. The molecule has 13 nitrogen and oxygen atoms in total. The Morgan fingerprint density at radius 2 is 2.10 bits per heavy atom. The van der Waals surface area contributed by atoms with E-state index in [0.29, 0.717) is 27.8 Å². The molecule has 2 aromatic heterocycles. The van der Waals surface area contributed by atoms with Gasteiger partial charge in [-0.25, -0.2) is 9.78 Å². The molecule has 3 aromatic rings. The molecule has 4 heterocycles. The lowest BCUT2D eigenvalue weighted by Gasteiger charge is -2.49. The number of nitrogens with zero attached hydrogens (tertiary/aromatic N) is 5. The van der Waals surface area contributed by atoms with E-state index in [1.54, 1.807) is 11.6 Å². The molecule has 0 bridgehead atoms. The zero-order valence-corrected chi connectivity index (χ0v) is 24.7. The van der Waals surface area contributed by atoms with Gasteiger partial charge in [0.25, 0.3) is 11.8 Å². The van der Waals surface area contributed by atoms with Crippen molar-refractivity contribution in [1.82, 2.24) is 25.4 Å². The average molecular weight is 644 g/mol. The predicted octanol–water partition coefficient (Wildman–Crippen LogP) is 2.53. The summed E-state index contributed by atoms with van der Waals surface area (Å²) < 4.78 is 0.692. The fourth-order valence-corrected chi connectivity index (χ4v) is 7.60. The van der Waals surface area contributed by atoms with Gasteiger partial charge < -0.3 is 20.6 Å². The molecule has 2 aliphatic rings. The molecule has 216 valence electrons. The first-order valence-corrected chi connectivity index (χ1v) is 15.9. The van der Waals surface area contributed by atoms with E-state index in [0.717, 1.165) is 16.9 Å². The van der Waals surface area contributed by atoms with Gasteiger partial charge in [0.2, 0.25) is 6.41 Å². The van der Waals surface area contributed by atoms with Crippen LogP contribution in [-0.2, 0) is 24.0 Å². The van der Waals surface area contributed by atoms with Gasteiger partial charge in [-0.15, -0.1) is 33.3 Å². The number of carboxylic acid groups (broad SMARTS) is 1. The number of nitrogens with one attached hydrogen (secondary N) is 2. The molecule has 42 heavy (non-hydrogen) atoms. The highest BCUT2D eigenvalue weighted by atomic mass is 32.2. The molecule has 1 aromatic carbocycles. The Kier molecular flexibility index (Phi) is 9.63. The number of carbonyl (C=O) groups excluding carboxylic acids is 3. The molecular weight excluding hydrogens is 623 g/mol. The van der Waals surface area contributed by atoms with Gasteiger partial charge in [-0.3, -0.25) is 19.3 Å². The molecule has 1 unspecified atom stereocenters. The number of aromatic nitrogens is 3. The fourth-order valence-electron chi connectivity index (χ4n) is 3.98. The van der Waals surface area contributed by atoms with Crippen molar-refractivity contribution in [3.63, 3.8) is 0 Å². The first kappa shape index (κ1) is 29.4. The minimum atomic E-state index is -1.22. The highest BCUT2D eigenvalue weighted by Crippen LogP contribution is 2.41. The normalized spacial score (nSPS) is 18.4. The maximum atomic E-state index is 13.3. The molecule has 0 spiro atoms. The number of thiazole rings is 1. The van der Waals surface area contributed by atoms with Crippen LogP contribution in [0.4, 0.5) is 5.13 Å². The van der Waals surface area contributed by atoms with Gasteiger partial charge in [0.05, 0.1) is 0 Å². The second-order valence-electron chi connectivity index (χ2n) is 8.46. The molecule has 1 fully saturated rings. The zero-order chi connectivity index (χ0) is 29.5. The largest absolute Gasteiger partial charge is 0.477 e. The topological polar surface area (TPSA) is 176 Å². The Balaban J connectivity index is 1.28. The van der Waals surface area contributed by atoms with E-state index in [1.165, 1.54) is 45.1 Å². The molecule has 3 amide bonds. The predicted molar refractivity (Wildman–Crippen MR) is 160 cm³/mol. The Labute approximate surface area is 255 Å². The van der Waals surface area contributed by atoms with Crippen molar-refractivity contribution < 1.29 is 29.1 Å². The molecule has 2 aliphatic heterocycles. The summed E-state index contributed by atoms with van der Waals surface area (Å²) in [4.78, 5) is 60.2. The summed E-state index contributed by atoms with van der Waals surface area (Å²) in [6.07, 6.45) is 4.02. The van der Waals surface area contributed by atoms with Crippen LogP contribution in [0.2, 0.25) is 0 Å². The lowest BCUT2D eigenvalue weighted by atomic mass is 10.0. The van der Waals surface area contributed by atoms with Crippen molar-refractivity contribution >= 4 is 87.3 Å². The number of anilines is 1. The standard InChI is InChI=1S/C25H21N7O6S4/c33-12-26-24-28-16(11-40-24)17(31-38-8-4-7-14-5-2-1-3-6-14)20(34)29-18-21(35)32-19(23(36)37)15(9-39-22(18)32)10-41-25-30-27-13-42-25/h1-7,11-13,18,22H,8-10H2,(H,29,34)(H,36,37)(H,26,28,33)/b7-4+,31-17+/t18?,22-/m1/s1. The number of rotatable bonds is 13. The molecular formula is C25H21N7O6S4. The Morgan fingerprint density at radius 1 is 1.26 bits per heavy atom. The molecule has 5 rings (SSSR count). The van der Waals surface area contributed by atoms with Gasteiger partial charge in [0, 0.05) is 16.9 Å². The number of benzene rings is 1. The van der Waals surface area contributed by atoms with Crippen LogP contribution in [0, 0.1) is 0 Å². The SMILES string of the molecule is O=CNc1nc(/C(=N\OC/C=C/c2ccccc2)C(=O)NC2C(=O)N3C(C(=O)O)=C(CSc4nncs4)CS[C@H]23)cs1. The van der Waals surface area contributed by atoms with Gasteiger partial charge in [0.15, 0.2) is 15.2 Å². The number of aliphatic carboxylic acids is 1. The van der Waals surface area contributed by atoms with Crippen molar-refractivity contribution in [3.05, 3.63) is 69.8 Å². The van der Waals surface area contributed by atoms with Crippen molar-refractivity contribution in [3.8, 4) is 0 Å². The van der Waals surface area contributed by atoms with Crippen LogP contribution in [0.25, 0.3) is 6.08 Å². The second-order valence-corrected chi connectivity index (χ2v) is 12.5. The maximum absolute atomic E-state index is 13.3. The Bertz CT molecular complexity index is 1560. The molecule has 0 saturated carbocycles. The van der Waals surface area contributed by atoms with E-state index in [9.17, 15) is 24.3 Å². The third-order valence-corrected chi connectivity index (χ3v) is 9.89. The summed E-state index contributed by atoms with van der Waals surface area (Å²) in [5, 5.41) is 27.8. The Morgan fingerprint density at radius 3 is 2.83 bits per heavy atom. The van der Waals surface area contributed by atoms with E-state index in [2.05, 4.69) is 31.0 Å². The van der Waals surface area contributed by atoms with Crippen LogP contribution < -0.4 is 10.6 Å². The van der Waals surface area contributed by atoms with Crippen LogP contribution in [0.1, 0.15) is 11.3 Å². The van der Waals surface area contributed by atoms with E-state index in [1.807, 2.05) is 36.4 Å². The monoisotopic (exact) mass is 643 g/mol. The van der Waals surface area contributed by atoms with Crippen molar-refractivity contribution in [2.24, 2.45) is 5.16 Å². The van der Waals surface area contributed by atoms with Gasteiger partial charge in [-0.05, 0) is 17.2 Å². The summed E-state index contributed by atoms with van der Waals surface area (Å²) in [5.74, 6) is -1.81. The van der Waals surface area contributed by atoms with E-state index in [4.69, 9.17) is 4.84 Å². The van der Waals surface area contributed by atoms with E-state index < -0.39 is 29.2 Å². The van der Waals surface area contributed by atoms with E-state index >= 15 is 0 Å². The molecule has 1 saturated heterocycles. The van der Waals surface area contributed by atoms with Crippen LogP contribution in [0.3, 0.4) is 0 Å². The third-order valence-electron chi connectivity index (χ3n) is 5.83. The second kappa shape index (κ2) is 13.7. The molecule has 2 atom stereocenters. The Hall–Kier alpha value is -4.06. The summed E-state index contributed by atoms with van der Waals surface area (Å²) in [7, 11) is 0. The van der Waals surface area contributed by atoms with Crippen LogP contribution in [0.5, 0.6) is 0 Å². The van der Waals surface area contributed by atoms with Crippen LogP contribution in [-0.4, -0.2) is 84.6 Å². The quantitative estimate of drug-likeness (QED) is 0.0623. The first-order chi connectivity index (χ1) is 20.5. The minimum absolute atomic E-state index is 0.0501. The molecule has 0 aliphatic carbocycles. The highest BCUT2D eigenvalue weighted by molar-refractivity contribution is 8.01. The zero-order valence-electron chi connectivity index (χ0n) is 21.4. The fraction of sp³-hybridized carbons (Fsp3) is 0.200. The van der Waals surface area contributed by atoms with E-state index in [-0.39, 0.29) is 28.8 Å². The molecule has 17 heteroatoms. The third kappa shape index (κ3) is 6.70. The number of β-lactam (4-membered cyclic amide) rings is 1. The minimum Gasteiger partial charge on any atom is -0.477 e. The lowest BCUT2D eigenvalue weighted by Crippen LogP contribution is -2.71.